The van der Waals surface area contributed by atoms with Gasteiger partial charge in [-0.2, -0.15) is 0 Å². The molecule has 2 aliphatic rings. The van der Waals surface area contributed by atoms with Crippen LogP contribution in [0.25, 0.3) is 0 Å². The van der Waals surface area contributed by atoms with E-state index in [1.54, 1.807) is 0 Å². The van der Waals surface area contributed by atoms with Crippen LogP contribution in [-0.2, 0) is 0 Å². The molecule has 98 valence electrons. The van der Waals surface area contributed by atoms with Crippen LogP contribution in [0.2, 0.25) is 0 Å². The van der Waals surface area contributed by atoms with Crippen LogP contribution in [0.3, 0.4) is 0 Å². The molecule has 0 spiro atoms. The van der Waals surface area contributed by atoms with Crippen molar-refractivity contribution in [2.75, 3.05) is 31.6 Å². The lowest BCUT2D eigenvalue weighted by atomic mass is 10.0. The molecule has 0 N–H and O–H groups in total. The van der Waals surface area contributed by atoms with Crippen LogP contribution in [0, 0.1) is 5.92 Å². The maximum absolute atomic E-state index is 4.48. The molecule has 1 atom stereocenters. The van der Waals surface area contributed by atoms with E-state index in [-0.39, 0.29) is 0 Å². The van der Waals surface area contributed by atoms with Gasteiger partial charge in [0.15, 0.2) is 0 Å². The Balaban J connectivity index is 1.60. The summed E-state index contributed by atoms with van der Waals surface area (Å²) in [5, 5.41) is 0. The van der Waals surface area contributed by atoms with E-state index >= 15 is 0 Å². The van der Waals surface area contributed by atoms with Crippen LogP contribution in [-0.4, -0.2) is 42.6 Å². The van der Waals surface area contributed by atoms with Crippen molar-refractivity contribution in [3.63, 3.8) is 0 Å². The van der Waals surface area contributed by atoms with E-state index in [1.807, 2.05) is 12.3 Å². The molecule has 0 amide bonds. The minimum atomic E-state index is 0.710. The van der Waals surface area contributed by atoms with E-state index in [2.05, 4.69) is 34.0 Å². The first-order valence-corrected chi connectivity index (χ1v) is 7.19. The lowest BCUT2D eigenvalue weighted by Crippen LogP contribution is -2.47. The van der Waals surface area contributed by atoms with E-state index in [0.29, 0.717) is 6.04 Å². The second-order valence-corrected chi connectivity index (χ2v) is 5.81. The molecular weight excluding hydrogens is 222 g/mol. The van der Waals surface area contributed by atoms with Crippen LogP contribution in [0.4, 0.5) is 5.82 Å². The van der Waals surface area contributed by atoms with Gasteiger partial charge in [0.05, 0.1) is 0 Å². The van der Waals surface area contributed by atoms with Gasteiger partial charge in [-0.05, 0) is 50.8 Å². The van der Waals surface area contributed by atoms with Crippen molar-refractivity contribution in [1.29, 1.82) is 0 Å². The number of hydrogen-bond donors (Lipinski definition) is 0. The van der Waals surface area contributed by atoms with E-state index in [4.69, 9.17) is 0 Å². The Bertz CT molecular complexity index is 375. The smallest absolute Gasteiger partial charge is 0.128 e. The first kappa shape index (κ1) is 12.0. The first-order chi connectivity index (χ1) is 8.83. The zero-order valence-corrected chi connectivity index (χ0v) is 11.3. The lowest BCUT2D eigenvalue weighted by molar-refractivity contribution is 0.207. The normalized spacial score (nSPS) is 24.6. The Labute approximate surface area is 110 Å². The van der Waals surface area contributed by atoms with Crippen molar-refractivity contribution in [1.82, 2.24) is 9.88 Å². The number of nitrogens with zero attached hydrogens (tertiary/aromatic N) is 3. The SMILES string of the molecule is CN(CC1CC1)[C@H]1CCCN(c2ccccn2)C1. The van der Waals surface area contributed by atoms with Crippen LogP contribution in [0.5, 0.6) is 0 Å². The summed E-state index contributed by atoms with van der Waals surface area (Å²) in [7, 11) is 2.30. The number of pyridine rings is 1. The van der Waals surface area contributed by atoms with Gasteiger partial charge in [0.1, 0.15) is 5.82 Å². The largest absolute Gasteiger partial charge is 0.355 e. The Morgan fingerprint density at radius 3 is 2.94 bits per heavy atom. The minimum Gasteiger partial charge on any atom is -0.355 e. The van der Waals surface area contributed by atoms with Crippen LogP contribution in [0.1, 0.15) is 25.7 Å². The highest BCUT2D eigenvalue weighted by Crippen LogP contribution is 2.31. The quantitative estimate of drug-likeness (QED) is 0.812. The molecule has 1 aliphatic carbocycles. The Morgan fingerprint density at radius 1 is 1.33 bits per heavy atom. The summed E-state index contributed by atoms with van der Waals surface area (Å²) in [5.74, 6) is 2.13. The highest BCUT2D eigenvalue weighted by atomic mass is 15.2. The fraction of sp³-hybridized carbons (Fsp3) is 0.667. The topological polar surface area (TPSA) is 19.4 Å². The highest BCUT2D eigenvalue weighted by Gasteiger charge is 2.28. The molecule has 3 rings (SSSR count). The molecule has 1 aromatic rings. The number of aromatic nitrogens is 1. The maximum atomic E-state index is 4.48. The van der Waals surface area contributed by atoms with E-state index < -0.39 is 0 Å². The summed E-state index contributed by atoms with van der Waals surface area (Å²) in [6.45, 7) is 3.59. The summed E-state index contributed by atoms with van der Waals surface area (Å²) < 4.78 is 0. The molecule has 2 fully saturated rings. The van der Waals surface area contributed by atoms with Crippen molar-refractivity contribution in [2.45, 2.75) is 31.7 Å². The summed E-state index contributed by atoms with van der Waals surface area (Å²) in [5.41, 5.74) is 0. The van der Waals surface area contributed by atoms with Crippen molar-refractivity contribution < 1.29 is 0 Å². The van der Waals surface area contributed by atoms with Crippen molar-refractivity contribution in [3.8, 4) is 0 Å². The molecule has 0 aromatic carbocycles. The molecule has 18 heavy (non-hydrogen) atoms. The molecule has 1 saturated carbocycles. The van der Waals surface area contributed by atoms with E-state index in [0.717, 1.165) is 24.8 Å². The maximum Gasteiger partial charge on any atom is 0.128 e. The Morgan fingerprint density at radius 2 is 2.22 bits per heavy atom. The highest BCUT2D eigenvalue weighted by molar-refractivity contribution is 5.38. The summed E-state index contributed by atoms with van der Waals surface area (Å²) in [4.78, 5) is 9.50. The standard InChI is InChI=1S/C15H23N3/c1-17(11-13-7-8-13)14-5-4-10-18(12-14)15-6-2-3-9-16-15/h2-3,6,9,13-14H,4-5,7-8,10-12H2,1H3/t14-/m0/s1. The number of anilines is 1. The first-order valence-electron chi connectivity index (χ1n) is 7.19. The van der Waals surface area contributed by atoms with Crippen molar-refractivity contribution in [2.24, 2.45) is 5.92 Å². The predicted octanol–water partition coefficient (Wildman–Crippen LogP) is 2.39. The lowest BCUT2D eigenvalue weighted by Gasteiger charge is -2.38. The third-order valence-electron chi connectivity index (χ3n) is 4.24. The van der Waals surface area contributed by atoms with Crippen molar-refractivity contribution in [3.05, 3.63) is 24.4 Å². The van der Waals surface area contributed by atoms with Crippen LogP contribution in [0.15, 0.2) is 24.4 Å². The van der Waals surface area contributed by atoms with Gasteiger partial charge in [-0.25, -0.2) is 4.98 Å². The number of hydrogen-bond acceptors (Lipinski definition) is 3. The van der Waals surface area contributed by atoms with Gasteiger partial charge in [-0.1, -0.05) is 6.07 Å². The van der Waals surface area contributed by atoms with Crippen LogP contribution < -0.4 is 4.90 Å². The number of likely N-dealkylation sites (N-methyl/N-ethyl adjacent to an activating group) is 1. The van der Waals surface area contributed by atoms with Gasteiger partial charge in [-0.15, -0.1) is 0 Å². The summed E-state index contributed by atoms with van der Waals surface area (Å²) in [6.07, 6.45) is 7.41. The molecule has 1 saturated heterocycles. The summed E-state index contributed by atoms with van der Waals surface area (Å²) in [6, 6.07) is 6.91. The van der Waals surface area contributed by atoms with Gasteiger partial charge in [0, 0.05) is 31.9 Å². The minimum absolute atomic E-state index is 0.710. The van der Waals surface area contributed by atoms with Crippen LogP contribution >= 0.6 is 0 Å². The second kappa shape index (κ2) is 5.27. The molecule has 0 unspecified atom stereocenters. The van der Waals surface area contributed by atoms with Gasteiger partial charge in [-0.3, -0.25) is 0 Å². The molecule has 1 aromatic heterocycles. The molecule has 1 aliphatic heterocycles. The monoisotopic (exact) mass is 245 g/mol. The fourth-order valence-electron chi connectivity index (χ4n) is 2.92. The number of piperidine rings is 1. The van der Waals surface area contributed by atoms with Gasteiger partial charge >= 0.3 is 0 Å². The van der Waals surface area contributed by atoms with Gasteiger partial charge in [0.25, 0.3) is 0 Å². The molecule has 3 heteroatoms. The zero-order valence-electron chi connectivity index (χ0n) is 11.3. The average molecular weight is 245 g/mol. The summed E-state index contributed by atoms with van der Waals surface area (Å²) >= 11 is 0. The van der Waals surface area contributed by atoms with E-state index in [1.165, 1.54) is 32.2 Å². The zero-order chi connectivity index (χ0) is 12.4. The fourth-order valence-corrected chi connectivity index (χ4v) is 2.92. The average Bonchev–Trinajstić information content (AvgIpc) is 3.24. The Hall–Kier alpha value is -1.09. The third-order valence-corrected chi connectivity index (χ3v) is 4.24. The molecule has 2 heterocycles. The third kappa shape index (κ3) is 2.83. The second-order valence-electron chi connectivity index (χ2n) is 5.81. The van der Waals surface area contributed by atoms with E-state index in [9.17, 15) is 0 Å². The van der Waals surface area contributed by atoms with Gasteiger partial charge < -0.3 is 9.80 Å². The van der Waals surface area contributed by atoms with Crippen molar-refractivity contribution >= 4 is 5.82 Å². The molecule has 3 nitrogen and oxygen atoms in total. The molecular formula is C15H23N3. The molecule has 0 bridgehead atoms. The number of rotatable bonds is 4. The van der Waals surface area contributed by atoms with Gasteiger partial charge in [0.2, 0.25) is 0 Å². The molecule has 0 radical (unpaired) electrons. The predicted molar refractivity (Wildman–Crippen MR) is 74.8 cm³/mol. The Kier molecular flexibility index (Phi) is 3.50.